The largest absolute Gasteiger partial charge is 0.491 e. The van der Waals surface area contributed by atoms with Gasteiger partial charge in [0, 0.05) is 5.88 Å². The third-order valence-electron chi connectivity index (χ3n) is 2.75. The lowest BCUT2D eigenvalue weighted by Gasteiger charge is -2.20. The maximum atomic E-state index is 5.68. The Morgan fingerprint density at radius 2 is 1.83 bits per heavy atom. The predicted octanol–water partition coefficient (Wildman–Crippen LogP) is 3.93. The standard InChI is InChI=1S/C15H23ClO2/c1-12-11-13(15(2,3)4)5-6-14(12)18-10-9-17-8-7-16/h5-6,11H,7-10H2,1-4H3. The second-order valence-corrected chi connectivity index (χ2v) is 5.76. The fraction of sp³-hybridized carbons (Fsp3) is 0.600. The Labute approximate surface area is 115 Å². The summed E-state index contributed by atoms with van der Waals surface area (Å²) in [5.74, 6) is 1.46. The molecule has 0 aromatic heterocycles. The first-order chi connectivity index (χ1) is 8.45. The summed E-state index contributed by atoms with van der Waals surface area (Å²) in [5.41, 5.74) is 2.66. The van der Waals surface area contributed by atoms with Crippen LogP contribution in [0.25, 0.3) is 0 Å². The molecule has 0 atom stereocenters. The molecule has 0 amide bonds. The zero-order valence-electron chi connectivity index (χ0n) is 11.8. The van der Waals surface area contributed by atoms with E-state index >= 15 is 0 Å². The van der Waals surface area contributed by atoms with Gasteiger partial charge in [0.25, 0.3) is 0 Å². The lowest BCUT2D eigenvalue weighted by atomic mass is 9.86. The Hall–Kier alpha value is -0.730. The summed E-state index contributed by atoms with van der Waals surface area (Å²) >= 11 is 5.52. The molecule has 1 aromatic rings. The second-order valence-electron chi connectivity index (χ2n) is 5.38. The number of aryl methyl sites for hydroxylation is 1. The molecule has 2 nitrogen and oxygen atoms in total. The lowest BCUT2D eigenvalue weighted by molar-refractivity contribution is 0.111. The summed E-state index contributed by atoms with van der Waals surface area (Å²) < 4.78 is 10.9. The van der Waals surface area contributed by atoms with Gasteiger partial charge in [0.1, 0.15) is 12.4 Å². The fourth-order valence-electron chi connectivity index (χ4n) is 1.65. The molecule has 1 rings (SSSR count). The summed E-state index contributed by atoms with van der Waals surface area (Å²) in [6.07, 6.45) is 0. The van der Waals surface area contributed by atoms with Crippen LogP contribution in [0.5, 0.6) is 5.75 Å². The Balaban J connectivity index is 2.53. The summed E-state index contributed by atoms with van der Waals surface area (Å²) in [6, 6.07) is 6.36. The van der Waals surface area contributed by atoms with E-state index in [2.05, 4.69) is 39.8 Å². The van der Waals surface area contributed by atoms with Crippen molar-refractivity contribution in [2.45, 2.75) is 33.1 Å². The molecule has 0 saturated carbocycles. The van der Waals surface area contributed by atoms with Gasteiger partial charge in [0.2, 0.25) is 0 Å². The fourth-order valence-corrected chi connectivity index (χ4v) is 1.75. The van der Waals surface area contributed by atoms with Crippen molar-refractivity contribution in [2.24, 2.45) is 0 Å². The van der Waals surface area contributed by atoms with E-state index in [-0.39, 0.29) is 5.41 Å². The van der Waals surface area contributed by atoms with Crippen molar-refractivity contribution in [2.75, 3.05) is 25.7 Å². The molecule has 0 aliphatic rings. The number of rotatable bonds is 6. The van der Waals surface area contributed by atoms with Crippen molar-refractivity contribution in [3.8, 4) is 5.75 Å². The van der Waals surface area contributed by atoms with E-state index < -0.39 is 0 Å². The van der Waals surface area contributed by atoms with Crippen molar-refractivity contribution in [1.29, 1.82) is 0 Å². The molecule has 3 heteroatoms. The van der Waals surface area contributed by atoms with Gasteiger partial charge in [-0.1, -0.05) is 32.9 Å². The first-order valence-electron chi connectivity index (χ1n) is 6.33. The van der Waals surface area contributed by atoms with Crippen LogP contribution >= 0.6 is 11.6 Å². The second kappa shape index (κ2) is 7.01. The van der Waals surface area contributed by atoms with Gasteiger partial charge in [0.05, 0.1) is 13.2 Å². The normalized spacial score (nSPS) is 11.6. The zero-order valence-corrected chi connectivity index (χ0v) is 12.5. The molecule has 0 saturated heterocycles. The van der Waals surface area contributed by atoms with Gasteiger partial charge in [-0.15, -0.1) is 11.6 Å². The van der Waals surface area contributed by atoms with Crippen LogP contribution in [-0.2, 0) is 10.2 Å². The number of hydrogen-bond acceptors (Lipinski definition) is 2. The highest BCUT2D eigenvalue weighted by Crippen LogP contribution is 2.27. The minimum Gasteiger partial charge on any atom is -0.491 e. The van der Waals surface area contributed by atoms with E-state index in [4.69, 9.17) is 21.1 Å². The highest BCUT2D eigenvalue weighted by atomic mass is 35.5. The quantitative estimate of drug-likeness (QED) is 0.576. The first-order valence-corrected chi connectivity index (χ1v) is 6.86. The van der Waals surface area contributed by atoms with Crippen molar-refractivity contribution in [3.63, 3.8) is 0 Å². The average Bonchev–Trinajstić information content (AvgIpc) is 2.29. The number of alkyl halides is 1. The smallest absolute Gasteiger partial charge is 0.122 e. The molecule has 0 radical (unpaired) electrons. The van der Waals surface area contributed by atoms with Crippen LogP contribution in [0.4, 0.5) is 0 Å². The molecule has 0 bridgehead atoms. The van der Waals surface area contributed by atoms with Crippen molar-refractivity contribution in [3.05, 3.63) is 29.3 Å². The highest BCUT2D eigenvalue weighted by Gasteiger charge is 2.14. The topological polar surface area (TPSA) is 18.5 Å². The summed E-state index contributed by atoms with van der Waals surface area (Å²) in [5, 5.41) is 0. The van der Waals surface area contributed by atoms with Gasteiger partial charge in [0.15, 0.2) is 0 Å². The molecule has 18 heavy (non-hydrogen) atoms. The van der Waals surface area contributed by atoms with Gasteiger partial charge < -0.3 is 9.47 Å². The van der Waals surface area contributed by atoms with Crippen molar-refractivity contribution < 1.29 is 9.47 Å². The third-order valence-corrected chi connectivity index (χ3v) is 2.90. The molecule has 102 valence electrons. The summed E-state index contributed by atoms with van der Waals surface area (Å²) in [7, 11) is 0. The first kappa shape index (κ1) is 15.3. The van der Waals surface area contributed by atoms with Gasteiger partial charge >= 0.3 is 0 Å². The van der Waals surface area contributed by atoms with E-state index in [0.717, 1.165) is 5.75 Å². The molecule has 0 fully saturated rings. The molecular formula is C15H23ClO2. The predicted molar refractivity (Wildman–Crippen MR) is 76.9 cm³/mol. The van der Waals surface area contributed by atoms with Gasteiger partial charge in [-0.25, -0.2) is 0 Å². The number of ether oxygens (including phenoxy) is 2. The number of benzene rings is 1. The van der Waals surface area contributed by atoms with Gasteiger partial charge in [-0.3, -0.25) is 0 Å². The maximum absolute atomic E-state index is 5.68. The van der Waals surface area contributed by atoms with Gasteiger partial charge in [-0.2, -0.15) is 0 Å². The molecule has 0 unspecified atom stereocenters. The molecule has 0 heterocycles. The molecule has 1 aromatic carbocycles. The number of hydrogen-bond donors (Lipinski definition) is 0. The van der Waals surface area contributed by atoms with Crippen LogP contribution in [0.1, 0.15) is 31.9 Å². The minimum absolute atomic E-state index is 0.173. The Morgan fingerprint density at radius 3 is 2.39 bits per heavy atom. The van der Waals surface area contributed by atoms with Crippen molar-refractivity contribution in [1.82, 2.24) is 0 Å². The molecule has 0 aliphatic carbocycles. The molecular weight excluding hydrogens is 248 g/mol. The molecule has 0 N–H and O–H groups in total. The molecule has 0 spiro atoms. The van der Waals surface area contributed by atoms with E-state index in [1.54, 1.807) is 0 Å². The SMILES string of the molecule is Cc1cc(C(C)(C)C)ccc1OCCOCCCl. The number of halogens is 1. The van der Waals surface area contributed by atoms with E-state index in [0.29, 0.717) is 25.7 Å². The monoisotopic (exact) mass is 270 g/mol. The Morgan fingerprint density at radius 1 is 1.11 bits per heavy atom. The van der Waals surface area contributed by atoms with E-state index in [1.165, 1.54) is 11.1 Å². The van der Waals surface area contributed by atoms with Crippen LogP contribution in [0, 0.1) is 6.92 Å². The van der Waals surface area contributed by atoms with Gasteiger partial charge in [-0.05, 0) is 29.5 Å². The van der Waals surface area contributed by atoms with Crippen LogP contribution in [0.15, 0.2) is 18.2 Å². The summed E-state index contributed by atoms with van der Waals surface area (Å²) in [6.45, 7) is 10.4. The van der Waals surface area contributed by atoms with Crippen LogP contribution in [0.3, 0.4) is 0 Å². The third kappa shape index (κ3) is 4.87. The minimum atomic E-state index is 0.173. The van der Waals surface area contributed by atoms with E-state index in [9.17, 15) is 0 Å². The van der Waals surface area contributed by atoms with Crippen molar-refractivity contribution >= 4 is 11.6 Å². The zero-order chi connectivity index (χ0) is 13.6. The van der Waals surface area contributed by atoms with Crippen LogP contribution in [0.2, 0.25) is 0 Å². The van der Waals surface area contributed by atoms with Crippen LogP contribution < -0.4 is 4.74 Å². The Kier molecular flexibility index (Phi) is 5.97. The van der Waals surface area contributed by atoms with E-state index in [1.807, 2.05) is 6.07 Å². The average molecular weight is 271 g/mol. The maximum Gasteiger partial charge on any atom is 0.122 e. The lowest BCUT2D eigenvalue weighted by Crippen LogP contribution is -2.12. The highest BCUT2D eigenvalue weighted by molar-refractivity contribution is 6.17. The summed E-state index contributed by atoms with van der Waals surface area (Å²) in [4.78, 5) is 0. The molecule has 0 aliphatic heterocycles. The van der Waals surface area contributed by atoms with Crippen LogP contribution in [-0.4, -0.2) is 25.7 Å². The Bertz CT molecular complexity index is 369.